The second-order valence-corrected chi connectivity index (χ2v) is 3.68. The van der Waals surface area contributed by atoms with E-state index in [0.29, 0.717) is 18.2 Å². The van der Waals surface area contributed by atoms with Gasteiger partial charge in [0, 0.05) is 12.7 Å². The molecule has 0 radical (unpaired) electrons. The zero-order chi connectivity index (χ0) is 12.8. The summed E-state index contributed by atoms with van der Waals surface area (Å²) < 4.78 is 12.7. The Bertz CT molecular complexity index is 560. The lowest BCUT2D eigenvalue weighted by Gasteiger charge is -2.04. The SMILES string of the molecule is N#Cc1ccnc(NCCc2ccc(F)cc2)n1. The highest BCUT2D eigenvalue weighted by atomic mass is 19.1. The van der Waals surface area contributed by atoms with Gasteiger partial charge in [0.05, 0.1) is 0 Å². The summed E-state index contributed by atoms with van der Waals surface area (Å²) in [6, 6.07) is 9.84. The molecule has 4 nitrogen and oxygen atoms in total. The summed E-state index contributed by atoms with van der Waals surface area (Å²) in [5, 5.41) is 11.7. The van der Waals surface area contributed by atoms with Gasteiger partial charge in [0.15, 0.2) is 0 Å². The highest BCUT2D eigenvalue weighted by molar-refractivity contribution is 5.30. The van der Waals surface area contributed by atoms with Crippen LogP contribution in [-0.4, -0.2) is 16.5 Å². The number of aromatic nitrogens is 2. The van der Waals surface area contributed by atoms with Gasteiger partial charge in [0.25, 0.3) is 0 Å². The van der Waals surface area contributed by atoms with Crippen LogP contribution >= 0.6 is 0 Å². The highest BCUT2D eigenvalue weighted by Gasteiger charge is 1.98. The summed E-state index contributed by atoms with van der Waals surface area (Å²) in [4.78, 5) is 7.99. The molecule has 0 bridgehead atoms. The molecule has 0 aliphatic heterocycles. The molecule has 0 aliphatic carbocycles. The van der Waals surface area contributed by atoms with Crippen molar-refractivity contribution in [2.75, 3.05) is 11.9 Å². The Kier molecular flexibility index (Phi) is 3.82. The van der Waals surface area contributed by atoms with Crippen LogP contribution < -0.4 is 5.32 Å². The molecule has 90 valence electrons. The third-order valence-electron chi connectivity index (χ3n) is 2.38. The van der Waals surface area contributed by atoms with Crippen LogP contribution in [0.1, 0.15) is 11.3 Å². The van der Waals surface area contributed by atoms with Gasteiger partial charge in [-0.25, -0.2) is 14.4 Å². The summed E-state index contributed by atoms with van der Waals surface area (Å²) in [7, 11) is 0. The molecule has 0 amide bonds. The van der Waals surface area contributed by atoms with E-state index in [2.05, 4.69) is 15.3 Å². The van der Waals surface area contributed by atoms with Crippen LogP contribution in [0.4, 0.5) is 10.3 Å². The van der Waals surface area contributed by atoms with Crippen molar-refractivity contribution in [1.29, 1.82) is 5.26 Å². The van der Waals surface area contributed by atoms with Gasteiger partial charge in [0.2, 0.25) is 5.95 Å². The second kappa shape index (κ2) is 5.73. The molecule has 1 aromatic carbocycles. The van der Waals surface area contributed by atoms with E-state index in [0.717, 1.165) is 12.0 Å². The van der Waals surface area contributed by atoms with Crippen molar-refractivity contribution in [3.05, 3.63) is 53.6 Å². The molecular weight excluding hydrogens is 231 g/mol. The summed E-state index contributed by atoms with van der Waals surface area (Å²) in [5.74, 6) is 0.188. The highest BCUT2D eigenvalue weighted by Crippen LogP contribution is 2.04. The minimum atomic E-state index is -0.239. The predicted octanol–water partition coefficient (Wildman–Crippen LogP) is 2.14. The predicted molar refractivity (Wildman–Crippen MR) is 65.3 cm³/mol. The largest absolute Gasteiger partial charge is 0.354 e. The molecule has 0 atom stereocenters. The molecule has 1 heterocycles. The van der Waals surface area contributed by atoms with E-state index >= 15 is 0 Å². The van der Waals surface area contributed by atoms with Gasteiger partial charge >= 0.3 is 0 Å². The number of hydrogen-bond acceptors (Lipinski definition) is 4. The summed E-state index contributed by atoms with van der Waals surface area (Å²) in [6.45, 7) is 0.626. The van der Waals surface area contributed by atoms with Crippen LogP contribution in [0.5, 0.6) is 0 Å². The van der Waals surface area contributed by atoms with E-state index in [1.807, 2.05) is 6.07 Å². The number of rotatable bonds is 4. The Balaban J connectivity index is 1.88. The number of nitrogens with zero attached hydrogens (tertiary/aromatic N) is 3. The quantitative estimate of drug-likeness (QED) is 0.892. The third-order valence-corrected chi connectivity index (χ3v) is 2.38. The van der Waals surface area contributed by atoms with Crippen molar-refractivity contribution < 1.29 is 4.39 Å². The van der Waals surface area contributed by atoms with Crippen LogP contribution in [0, 0.1) is 17.1 Å². The molecule has 0 saturated carbocycles. The van der Waals surface area contributed by atoms with Crippen molar-refractivity contribution >= 4 is 5.95 Å². The van der Waals surface area contributed by atoms with Gasteiger partial charge in [-0.2, -0.15) is 5.26 Å². The van der Waals surface area contributed by atoms with Crippen LogP contribution in [0.2, 0.25) is 0 Å². The number of nitriles is 1. The first-order chi connectivity index (χ1) is 8.78. The zero-order valence-corrected chi connectivity index (χ0v) is 9.60. The lowest BCUT2D eigenvalue weighted by molar-refractivity contribution is 0.627. The molecule has 0 aliphatic rings. The maximum Gasteiger partial charge on any atom is 0.223 e. The number of anilines is 1. The van der Waals surface area contributed by atoms with Crippen LogP contribution in [0.15, 0.2) is 36.5 Å². The molecule has 2 rings (SSSR count). The van der Waals surface area contributed by atoms with Crippen molar-refractivity contribution in [2.24, 2.45) is 0 Å². The number of benzene rings is 1. The van der Waals surface area contributed by atoms with Crippen molar-refractivity contribution in [2.45, 2.75) is 6.42 Å². The Hall–Kier alpha value is -2.48. The van der Waals surface area contributed by atoms with Gasteiger partial charge in [0.1, 0.15) is 17.6 Å². The Morgan fingerprint density at radius 2 is 2.00 bits per heavy atom. The molecule has 0 unspecified atom stereocenters. The Morgan fingerprint density at radius 3 is 2.72 bits per heavy atom. The third kappa shape index (κ3) is 3.25. The Labute approximate surface area is 104 Å². The fraction of sp³-hybridized carbons (Fsp3) is 0.154. The maximum absolute atomic E-state index is 12.7. The minimum absolute atomic E-state index is 0.239. The van der Waals surface area contributed by atoms with Crippen LogP contribution in [0.3, 0.4) is 0 Å². The maximum atomic E-state index is 12.7. The molecule has 1 N–H and O–H groups in total. The topological polar surface area (TPSA) is 61.6 Å². The first-order valence-electron chi connectivity index (χ1n) is 5.49. The molecule has 0 saturated heterocycles. The minimum Gasteiger partial charge on any atom is -0.354 e. The Morgan fingerprint density at radius 1 is 1.22 bits per heavy atom. The summed E-state index contributed by atoms with van der Waals surface area (Å²) >= 11 is 0. The molecule has 18 heavy (non-hydrogen) atoms. The molecule has 5 heteroatoms. The normalized spacial score (nSPS) is 9.78. The fourth-order valence-electron chi connectivity index (χ4n) is 1.48. The number of halogens is 1. The van der Waals surface area contributed by atoms with E-state index in [1.54, 1.807) is 18.2 Å². The second-order valence-electron chi connectivity index (χ2n) is 3.68. The molecule has 1 aromatic heterocycles. The zero-order valence-electron chi connectivity index (χ0n) is 9.60. The monoisotopic (exact) mass is 242 g/mol. The molecule has 0 fully saturated rings. The van der Waals surface area contributed by atoms with Crippen molar-refractivity contribution in [3.8, 4) is 6.07 Å². The first kappa shape index (κ1) is 12.0. The number of hydrogen-bond donors (Lipinski definition) is 1. The van der Waals surface area contributed by atoms with Gasteiger partial charge in [-0.1, -0.05) is 12.1 Å². The summed E-state index contributed by atoms with van der Waals surface area (Å²) in [5.41, 5.74) is 1.36. The van der Waals surface area contributed by atoms with E-state index in [4.69, 9.17) is 5.26 Å². The van der Waals surface area contributed by atoms with Gasteiger partial charge < -0.3 is 5.32 Å². The van der Waals surface area contributed by atoms with E-state index in [-0.39, 0.29) is 5.82 Å². The van der Waals surface area contributed by atoms with Gasteiger partial charge in [-0.15, -0.1) is 0 Å². The summed E-state index contributed by atoms with van der Waals surface area (Å²) in [6.07, 6.45) is 2.27. The lowest BCUT2D eigenvalue weighted by Crippen LogP contribution is -2.08. The van der Waals surface area contributed by atoms with Gasteiger partial charge in [-0.3, -0.25) is 0 Å². The van der Waals surface area contributed by atoms with Crippen molar-refractivity contribution in [3.63, 3.8) is 0 Å². The van der Waals surface area contributed by atoms with Crippen molar-refractivity contribution in [1.82, 2.24) is 9.97 Å². The molecule has 2 aromatic rings. The van der Waals surface area contributed by atoms with E-state index in [9.17, 15) is 4.39 Å². The van der Waals surface area contributed by atoms with E-state index < -0.39 is 0 Å². The molecule has 0 spiro atoms. The van der Waals surface area contributed by atoms with Crippen LogP contribution in [-0.2, 0) is 6.42 Å². The average molecular weight is 242 g/mol. The molecular formula is C13H11FN4. The standard InChI is InChI=1S/C13H11FN4/c14-11-3-1-10(2-4-11)5-7-16-13-17-8-6-12(9-15)18-13/h1-4,6,8H,5,7H2,(H,16,17,18). The van der Waals surface area contributed by atoms with E-state index in [1.165, 1.54) is 18.3 Å². The first-order valence-corrected chi connectivity index (χ1v) is 5.49. The van der Waals surface area contributed by atoms with Crippen LogP contribution in [0.25, 0.3) is 0 Å². The van der Waals surface area contributed by atoms with Gasteiger partial charge in [-0.05, 0) is 30.2 Å². The smallest absolute Gasteiger partial charge is 0.223 e. The lowest BCUT2D eigenvalue weighted by atomic mass is 10.1. The fourth-order valence-corrected chi connectivity index (χ4v) is 1.48. The number of nitrogens with one attached hydrogen (secondary N) is 1. The average Bonchev–Trinajstić information content (AvgIpc) is 2.41.